The van der Waals surface area contributed by atoms with Gasteiger partial charge in [0.15, 0.2) is 0 Å². The van der Waals surface area contributed by atoms with Gasteiger partial charge in [-0.05, 0) is 47.4 Å². The third-order valence-electron chi connectivity index (χ3n) is 3.78. The Bertz CT molecular complexity index is 628. The highest BCUT2D eigenvalue weighted by atomic mass is 32.1. The molecule has 1 fully saturated rings. The predicted octanol–water partition coefficient (Wildman–Crippen LogP) is 3.57. The van der Waals surface area contributed by atoms with Crippen molar-refractivity contribution in [2.45, 2.75) is 25.4 Å². The molecule has 2 aromatic rings. The van der Waals surface area contributed by atoms with Crippen LogP contribution in [-0.4, -0.2) is 31.1 Å². The summed E-state index contributed by atoms with van der Waals surface area (Å²) in [5, 5.41) is 4.13. The molecular formula is C17H19NO3S. The summed E-state index contributed by atoms with van der Waals surface area (Å²) in [6.45, 7) is 0.659. The smallest absolute Gasteiger partial charge is 0.254 e. The summed E-state index contributed by atoms with van der Waals surface area (Å²) < 4.78 is 10.5. The molecule has 1 aromatic heterocycles. The van der Waals surface area contributed by atoms with Crippen molar-refractivity contribution in [2.24, 2.45) is 0 Å². The highest BCUT2D eigenvalue weighted by Crippen LogP contribution is 2.32. The lowest BCUT2D eigenvalue weighted by molar-refractivity contribution is 0.0729. The van der Waals surface area contributed by atoms with E-state index in [4.69, 9.17) is 9.47 Å². The van der Waals surface area contributed by atoms with Gasteiger partial charge in [-0.1, -0.05) is 0 Å². The molecule has 1 heterocycles. The summed E-state index contributed by atoms with van der Waals surface area (Å²) in [6.07, 6.45) is 2.16. The molecular weight excluding hydrogens is 298 g/mol. The second-order valence-corrected chi connectivity index (χ2v) is 6.18. The molecule has 0 radical (unpaired) electrons. The molecule has 116 valence electrons. The fourth-order valence-electron chi connectivity index (χ4n) is 2.43. The first kappa shape index (κ1) is 14.9. The molecule has 0 aliphatic heterocycles. The number of thiophene rings is 1. The summed E-state index contributed by atoms with van der Waals surface area (Å²) in [5.41, 5.74) is 1.79. The lowest BCUT2D eigenvalue weighted by Crippen LogP contribution is -2.32. The van der Waals surface area contributed by atoms with Crippen molar-refractivity contribution in [2.75, 3.05) is 14.2 Å². The molecule has 4 nitrogen and oxygen atoms in total. The van der Waals surface area contributed by atoms with Crippen LogP contribution in [0.25, 0.3) is 0 Å². The topological polar surface area (TPSA) is 38.8 Å². The first-order valence-electron chi connectivity index (χ1n) is 7.26. The highest BCUT2D eigenvalue weighted by Gasteiger charge is 2.33. The second kappa shape index (κ2) is 6.40. The zero-order chi connectivity index (χ0) is 15.5. The van der Waals surface area contributed by atoms with Crippen molar-refractivity contribution in [3.05, 3.63) is 46.2 Å². The van der Waals surface area contributed by atoms with Gasteiger partial charge in [-0.25, -0.2) is 0 Å². The van der Waals surface area contributed by atoms with Crippen LogP contribution in [0.5, 0.6) is 11.5 Å². The van der Waals surface area contributed by atoms with Crippen molar-refractivity contribution in [3.8, 4) is 11.5 Å². The number of amides is 1. The van der Waals surface area contributed by atoms with Gasteiger partial charge in [-0.15, -0.1) is 0 Å². The SMILES string of the molecule is COc1cc(OC)cc(C(=O)N(Cc2ccsc2)C2CC2)c1. The van der Waals surface area contributed by atoms with Crippen molar-refractivity contribution in [1.82, 2.24) is 4.90 Å². The Morgan fingerprint density at radius 3 is 2.41 bits per heavy atom. The molecule has 0 atom stereocenters. The van der Waals surface area contributed by atoms with E-state index in [9.17, 15) is 4.79 Å². The normalized spacial score (nSPS) is 13.7. The van der Waals surface area contributed by atoms with Gasteiger partial charge in [0.1, 0.15) is 11.5 Å². The van der Waals surface area contributed by atoms with Gasteiger partial charge in [0.2, 0.25) is 0 Å². The van der Waals surface area contributed by atoms with Crippen LogP contribution in [0, 0.1) is 0 Å². The number of ether oxygens (including phenoxy) is 2. The molecule has 1 aliphatic rings. The lowest BCUT2D eigenvalue weighted by Gasteiger charge is -2.22. The van der Waals surface area contributed by atoms with Gasteiger partial charge >= 0.3 is 0 Å². The average molecular weight is 317 g/mol. The molecule has 5 heteroatoms. The van der Waals surface area contributed by atoms with Crippen LogP contribution in [0.1, 0.15) is 28.8 Å². The third kappa shape index (κ3) is 3.25. The van der Waals surface area contributed by atoms with Crippen molar-refractivity contribution >= 4 is 17.2 Å². The van der Waals surface area contributed by atoms with E-state index in [1.165, 1.54) is 5.56 Å². The fourth-order valence-corrected chi connectivity index (χ4v) is 3.09. The van der Waals surface area contributed by atoms with Crippen LogP contribution in [0.15, 0.2) is 35.0 Å². The number of nitrogens with zero attached hydrogens (tertiary/aromatic N) is 1. The van der Waals surface area contributed by atoms with Crippen LogP contribution in [0.4, 0.5) is 0 Å². The largest absolute Gasteiger partial charge is 0.497 e. The monoisotopic (exact) mass is 317 g/mol. The summed E-state index contributed by atoms with van der Waals surface area (Å²) in [7, 11) is 3.18. The zero-order valence-electron chi connectivity index (χ0n) is 12.7. The van der Waals surface area contributed by atoms with Crippen LogP contribution in [-0.2, 0) is 6.54 Å². The van der Waals surface area contributed by atoms with Crippen molar-refractivity contribution in [1.29, 1.82) is 0 Å². The van der Waals surface area contributed by atoms with Gasteiger partial charge in [0, 0.05) is 24.2 Å². The predicted molar refractivity (Wildman–Crippen MR) is 86.8 cm³/mol. The molecule has 0 unspecified atom stereocenters. The lowest BCUT2D eigenvalue weighted by atomic mass is 10.1. The Morgan fingerprint density at radius 2 is 1.91 bits per heavy atom. The highest BCUT2D eigenvalue weighted by molar-refractivity contribution is 7.07. The van der Waals surface area contributed by atoms with Crippen LogP contribution >= 0.6 is 11.3 Å². The fraction of sp³-hybridized carbons (Fsp3) is 0.353. The average Bonchev–Trinajstić information content (AvgIpc) is 3.27. The summed E-state index contributed by atoms with van der Waals surface area (Å²) in [5.74, 6) is 1.30. The summed E-state index contributed by atoms with van der Waals surface area (Å²) >= 11 is 1.66. The number of carbonyl (C=O) groups is 1. The van der Waals surface area contributed by atoms with E-state index >= 15 is 0 Å². The Kier molecular flexibility index (Phi) is 4.34. The molecule has 1 amide bonds. The minimum absolute atomic E-state index is 0.0332. The molecule has 1 aromatic carbocycles. The molecule has 1 saturated carbocycles. The number of hydrogen-bond acceptors (Lipinski definition) is 4. The van der Waals surface area contributed by atoms with E-state index in [0.29, 0.717) is 29.6 Å². The van der Waals surface area contributed by atoms with Gasteiger partial charge in [-0.3, -0.25) is 4.79 Å². The number of rotatable bonds is 6. The second-order valence-electron chi connectivity index (χ2n) is 5.40. The van der Waals surface area contributed by atoms with Gasteiger partial charge < -0.3 is 14.4 Å². The molecule has 3 rings (SSSR count). The van der Waals surface area contributed by atoms with Crippen LogP contribution in [0.3, 0.4) is 0 Å². The van der Waals surface area contributed by atoms with Gasteiger partial charge in [-0.2, -0.15) is 11.3 Å². The zero-order valence-corrected chi connectivity index (χ0v) is 13.6. The molecule has 0 bridgehead atoms. The third-order valence-corrected chi connectivity index (χ3v) is 4.51. The number of methoxy groups -OCH3 is 2. The Morgan fingerprint density at radius 1 is 1.23 bits per heavy atom. The molecule has 1 aliphatic carbocycles. The Hall–Kier alpha value is -2.01. The molecule has 0 N–H and O–H groups in total. The molecule has 0 spiro atoms. The van der Waals surface area contributed by atoms with Gasteiger partial charge in [0.25, 0.3) is 5.91 Å². The summed E-state index contributed by atoms with van der Waals surface area (Å²) in [4.78, 5) is 14.9. The van der Waals surface area contributed by atoms with E-state index < -0.39 is 0 Å². The van der Waals surface area contributed by atoms with Gasteiger partial charge in [0.05, 0.1) is 14.2 Å². The van der Waals surface area contributed by atoms with Crippen LogP contribution < -0.4 is 9.47 Å². The van der Waals surface area contributed by atoms with E-state index in [0.717, 1.165) is 12.8 Å². The number of carbonyl (C=O) groups excluding carboxylic acids is 1. The maximum absolute atomic E-state index is 12.9. The Labute approximate surface area is 134 Å². The quantitative estimate of drug-likeness (QED) is 0.817. The molecule has 0 saturated heterocycles. The van der Waals surface area contributed by atoms with E-state index in [2.05, 4.69) is 11.4 Å². The minimum Gasteiger partial charge on any atom is -0.497 e. The van der Waals surface area contributed by atoms with E-state index in [1.54, 1.807) is 43.8 Å². The maximum Gasteiger partial charge on any atom is 0.254 e. The maximum atomic E-state index is 12.9. The van der Waals surface area contributed by atoms with Crippen molar-refractivity contribution in [3.63, 3.8) is 0 Å². The minimum atomic E-state index is 0.0332. The van der Waals surface area contributed by atoms with Crippen molar-refractivity contribution < 1.29 is 14.3 Å². The number of benzene rings is 1. The molecule has 22 heavy (non-hydrogen) atoms. The Balaban J connectivity index is 1.86. The van der Waals surface area contributed by atoms with Crippen LogP contribution in [0.2, 0.25) is 0 Å². The summed E-state index contributed by atoms with van der Waals surface area (Å²) in [6, 6.07) is 7.74. The van der Waals surface area contributed by atoms with E-state index in [-0.39, 0.29) is 5.91 Å². The van der Waals surface area contributed by atoms with E-state index in [1.807, 2.05) is 10.3 Å². The first-order valence-corrected chi connectivity index (χ1v) is 8.20. The number of hydrogen-bond donors (Lipinski definition) is 0. The first-order chi connectivity index (χ1) is 10.7. The standard InChI is InChI=1S/C17H19NO3S/c1-20-15-7-13(8-16(9-15)21-2)17(19)18(14-3-4-14)10-12-5-6-22-11-12/h5-9,11,14H,3-4,10H2,1-2H3.